The fraction of sp³-hybridized carbons (Fsp3) is 0.483. The van der Waals surface area contributed by atoms with Gasteiger partial charge in [0.15, 0.2) is 35.8 Å². The number of hydrogen-bond donors (Lipinski definition) is 2. The molecule has 1 unspecified atom stereocenters. The van der Waals surface area contributed by atoms with E-state index in [1.54, 1.807) is 43.8 Å². The number of carbonyl (C=O) groups excluding carboxylic acids is 2. The van der Waals surface area contributed by atoms with E-state index in [-0.39, 0.29) is 25.1 Å². The van der Waals surface area contributed by atoms with E-state index in [0.29, 0.717) is 16.9 Å². The summed E-state index contributed by atoms with van der Waals surface area (Å²) in [6.07, 6.45) is 3.07. The highest BCUT2D eigenvalue weighted by atomic mass is 16.8. The summed E-state index contributed by atoms with van der Waals surface area (Å²) in [5.41, 5.74) is 0.817. The lowest BCUT2D eigenvalue weighted by Crippen LogP contribution is -2.39. The van der Waals surface area contributed by atoms with Crippen LogP contribution >= 0.6 is 0 Å². The van der Waals surface area contributed by atoms with Gasteiger partial charge in [-0.05, 0) is 46.8 Å². The minimum atomic E-state index is -0.875. The highest BCUT2D eigenvalue weighted by molar-refractivity contribution is 5.93. The number of aromatic nitrogens is 4. The topological polar surface area (TPSA) is 157 Å². The van der Waals surface area contributed by atoms with Gasteiger partial charge < -0.3 is 33.7 Å². The first-order chi connectivity index (χ1) is 20.4. The number of hydrogen-bond acceptors (Lipinski definition) is 11. The SMILES string of the molecule is COCOc1ccccc1C=CC(=O)NC[C@H]1O[C@@H](n2cnc3c(NC(=O)OC(C)(C)C)ncnc32)C2OC(C)(C)O[C@H]21. The van der Waals surface area contributed by atoms with Crippen LogP contribution in [0.2, 0.25) is 0 Å². The van der Waals surface area contributed by atoms with Crippen molar-refractivity contribution in [3.63, 3.8) is 0 Å². The van der Waals surface area contributed by atoms with Gasteiger partial charge in [0, 0.05) is 25.3 Å². The summed E-state index contributed by atoms with van der Waals surface area (Å²) in [7, 11) is 1.54. The maximum Gasteiger partial charge on any atom is 0.413 e. The molecule has 230 valence electrons. The average Bonchev–Trinajstić information content (AvgIpc) is 3.60. The lowest BCUT2D eigenvalue weighted by Gasteiger charge is -2.24. The van der Waals surface area contributed by atoms with Crippen molar-refractivity contribution in [2.45, 2.75) is 70.5 Å². The Morgan fingerprint density at radius 3 is 2.65 bits per heavy atom. The van der Waals surface area contributed by atoms with E-state index in [1.165, 1.54) is 19.5 Å². The number of amides is 2. The Bertz CT molecular complexity index is 1500. The van der Waals surface area contributed by atoms with E-state index in [9.17, 15) is 9.59 Å². The number of carbonyl (C=O) groups is 2. The number of nitrogens with one attached hydrogen (secondary N) is 2. The molecule has 2 amide bonds. The maximum atomic E-state index is 12.7. The van der Waals surface area contributed by atoms with Gasteiger partial charge in [-0.25, -0.2) is 19.7 Å². The van der Waals surface area contributed by atoms with Gasteiger partial charge in [-0.15, -0.1) is 0 Å². The molecule has 43 heavy (non-hydrogen) atoms. The molecule has 0 saturated carbocycles. The summed E-state index contributed by atoms with van der Waals surface area (Å²) in [5.74, 6) is -0.402. The molecule has 2 aliphatic heterocycles. The molecular formula is C29H36N6O8. The van der Waals surface area contributed by atoms with Crippen LogP contribution in [-0.4, -0.2) is 81.7 Å². The van der Waals surface area contributed by atoms with Crippen LogP contribution in [0.15, 0.2) is 43.0 Å². The molecule has 2 N–H and O–H groups in total. The van der Waals surface area contributed by atoms with Gasteiger partial charge in [0.25, 0.3) is 0 Å². The number of rotatable bonds is 9. The third kappa shape index (κ3) is 7.10. The Morgan fingerprint density at radius 1 is 1.12 bits per heavy atom. The first kappa shape index (κ1) is 30.4. The van der Waals surface area contributed by atoms with Gasteiger partial charge in [-0.2, -0.15) is 0 Å². The van der Waals surface area contributed by atoms with Gasteiger partial charge in [-0.1, -0.05) is 18.2 Å². The number of fused-ring (bicyclic) bond motifs is 2. The van der Waals surface area contributed by atoms with Crippen molar-refractivity contribution in [2.24, 2.45) is 0 Å². The molecule has 2 aliphatic rings. The number of benzene rings is 1. The number of nitrogens with zero attached hydrogens (tertiary/aromatic N) is 4. The molecule has 3 aromatic rings. The third-order valence-electron chi connectivity index (χ3n) is 6.52. The first-order valence-electron chi connectivity index (χ1n) is 13.8. The van der Waals surface area contributed by atoms with Crippen molar-refractivity contribution in [3.8, 4) is 5.75 Å². The third-order valence-corrected chi connectivity index (χ3v) is 6.52. The molecule has 0 spiro atoms. The van der Waals surface area contributed by atoms with Crippen LogP contribution in [0.3, 0.4) is 0 Å². The summed E-state index contributed by atoms with van der Waals surface area (Å²) in [5, 5.41) is 5.52. The Labute approximate surface area is 248 Å². The predicted molar refractivity (Wildman–Crippen MR) is 154 cm³/mol. The maximum absolute atomic E-state index is 12.7. The van der Waals surface area contributed by atoms with E-state index in [1.807, 2.05) is 32.0 Å². The van der Waals surface area contributed by atoms with E-state index in [4.69, 9.17) is 28.4 Å². The number of methoxy groups -OCH3 is 1. The zero-order valence-electron chi connectivity index (χ0n) is 24.9. The Kier molecular flexibility index (Phi) is 8.64. The van der Waals surface area contributed by atoms with Crippen molar-refractivity contribution < 1.29 is 38.0 Å². The highest BCUT2D eigenvalue weighted by Gasteiger charge is 2.56. The van der Waals surface area contributed by atoms with Gasteiger partial charge in [0.1, 0.15) is 36.0 Å². The molecule has 0 aliphatic carbocycles. The fourth-order valence-corrected chi connectivity index (χ4v) is 4.87. The van der Waals surface area contributed by atoms with Crippen molar-refractivity contribution in [2.75, 3.05) is 25.8 Å². The Balaban J connectivity index is 1.30. The largest absolute Gasteiger partial charge is 0.467 e. The molecule has 14 nitrogen and oxygen atoms in total. The lowest BCUT2D eigenvalue weighted by atomic mass is 10.1. The zero-order chi connectivity index (χ0) is 30.8. The van der Waals surface area contributed by atoms with Crippen LogP contribution in [-0.2, 0) is 28.5 Å². The van der Waals surface area contributed by atoms with Crippen molar-refractivity contribution in [1.29, 1.82) is 0 Å². The number of ether oxygens (including phenoxy) is 6. The van der Waals surface area contributed by atoms with Gasteiger partial charge in [0.2, 0.25) is 5.91 Å². The summed E-state index contributed by atoms with van der Waals surface area (Å²) >= 11 is 0. The number of anilines is 1. The van der Waals surface area contributed by atoms with Crippen molar-refractivity contribution >= 4 is 35.1 Å². The van der Waals surface area contributed by atoms with Crippen molar-refractivity contribution in [3.05, 3.63) is 48.6 Å². The monoisotopic (exact) mass is 596 g/mol. The van der Waals surface area contributed by atoms with Crippen LogP contribution in [0.1, 0.15) is 46.4 Å². The molecule has 2 aromatic heterocycles. The van der Waals surface area contributed by atoms with E-state index >= 15 is 0 Å². The summed E-state index contributed by atoms with van der Waals surface area (Å²) in [6.45, 7) is 9.20. The normalized spacial score (nSPS) is 22.9. The summed E-state index contributed by atoms with van der Waals surface area (Å²) in [4.78, 5) is 38.1. The van der Waals surface area contributed by atoms with Gasteiger partial charge in [0.05, 0.1) is 6.33 Å². The quantitative estimate of drug-likeness (QED) is 0.276. The molecule has 4 atom stereocenters. The second kappa shape index (κ2) is 12.2. The number of imidazole rings is 1. The molecule has 2 saturated heterocycles. The minimum absolute atomic E-state index is 0.0952. The lowest BCUT2D eigenvalue weighted by molar-refractivity contribution is -0.195. The van der Waals surface area contributed by atoms with E-state index in [2.05, 4.69) is 25.6 Å². The summed E-state index contributed by atoms with van der Waals surface area (Å²) < 4.78 is 36.3. The average molecular weight is 597 g/mol. The van der Waals surface area contributed by atoms with E-state index in [0.717, 1.165) is 5.56 Å². The van der Waals surface area contributed by atoms with Crippen LogP contribution < -0.4 is 15.4 Å². The molecule has 0 bridgehead atoms. The van der Waals surface area contributed by atoms with Crippen LogP contribution in [0.4, 0.5) is 10.6 Å². The Morgan fingerprint density at radius 2 is 1.88 bits per heavy atom. The zero-order valence-corrected chi connectivity index (χ0v) is 24.9. The molecule has 1 aromatic carbocycles. The second-order valence-corrected chi connectivity index (χ2v) is 11.5. The minimum Gasteiger partial charge on any atom is -0.467 e. The van der Waals surface area contributed by atoms with Crippen LogP contribution in [0.25, 0.3) is 17.2 Å². The molecule has 0 radical (unpaired) electrons. The predicted octanol–water partition coefficient (Wildman–Crippen LogP) is 3.40. The summed E-state index contributed by atoms with van der Waals surface area (Å²) in [6, 6.07) is 7.32. The van der Waals surface area contributed by atoms with Gasteiger partial charge >= 0.3 is 6.09 Å². The second-order valence-electron chi connectivity index (χ2n) is 11.5. The molecule has 5 rings (SSSR count). The first-order valence-corrected chi connectivity index (χ1v) is 13.8. The van der Waals surface area contributed by atoms with Crippen LogP contribution in [0.5, 0.6) is 5.75 Å². The molecule has 2 fully saturated rings. The molecule has 4 heterocycles. The van der Waals surface area contributed by atoms with Crippen LogP contribution in [0, 0.1) is 0 Å². The highest BCUT2D eigenvalue weighted by Crippen LogP contribution is 2.43. The molecule has 14 heteroatoms. The number of para-hydroxylation sites is 1. The van der Waals surface area contributed by atoms with Gasteiger partial charge in [-0.3, -0.25) is 14.7 Å². The fourth-order valence-electron chi connectivity index (χ4n) is 4.87. The Hall–Kier alpha value is -4.11. The van der Waals surface area contributed by atoms with E-state index < -0.39 is 42.0 Å². The smallest absolute Gasteiger partial charge is 0.413 e. The standard InChI is InChI=1S/C29H36N6O8/c1-28(2,3)43-27(37)34-24-21-25(32-14-31-24)35(15-33-21)26-23-22(41-29(4,5)42-23)19(40-26)13-30-20(36)12-11-17-9-7-8-10-18(17)39-16-38-6/h7-12,14-15,19,22-23,26H,13,16H2,1-6H3,(H,30,36)(H,31,32,34,37)/t19-,22+,23?,26-/m1/s1. The van der Waals surface area contributed by atoms with Crippen molar-refractivity contribution in [1.82, 2.24) is 24.8 Å². The molecular weight excluding hydrogens is 560 g/mol.